The Morgan fingerprint density at radius 2 is 2.15 bits per heavy atom. The van der Waals surface area contributed by atoms with Crippen LogP contribution in [-0.4, -0.2) is 16.1 Å². The number of carbonyl (C=O) groups is 1. The number of benzene rings is 1. The third-order valence-corrected chi connectivity index (χ3v) is 3.89. The van der Waals surface area contributed by atoms with Gasteiger partial charge in [-0.15, -0.1) is 11.3 Å². The van der Waals surface area contributed by atoms with Crippen molar-refractivity contribution in [3.8, 4) is 0 Å². The maximum absolute atomic E-state index is 11.3. The molecule has 0 amide bonds. The van der Waals surface area contributed by atoms with Crippen molar-refractivity contribution < 1.29 is 9.90 Å². The zero-order valence-corrected chi connectivity index (χ0v) is 12.2. The van der Waals surface area contributed by atoms with Crippen LogP contribution in [0.15, 0.2) is 35.7 Å². The molecule has 0 fully saturated rings. The molecule has 1 unspecified atom stereocenters. The van der Waals surface area contributed by atoms with Crippen LogP contribution >= 0.6 is 11.3 Å². The van der Waals surface area contributed by atoms with Crippen molar-refractivity contribution in [2.45, 2.75) is 32.4 Å². The number of rotatable bonds is 7. The molecule has 0 aliphatic rings. The molecule has 1 atom stereocenters. The fourth-order valence-electron chi connectivity index (χ4n) is 1.96. The highest BCUT2D eigenvalue weighted by Gasteiger charge is 2.19. The van der Waals surface area contributed by atoms with E-state index in [1.54, 1.807) is 11.3 Å². The van der Waals surface area contributed by atoms with Gasteiger partial charge in [-0.1, -0.05) is 37.3 Å². The second kappa shape index (κ2) is 7.17. The normalized spacial score (nSPS) is 12.2. The van der Waals surface area contributed by atoms with Crippen LogP contribution in [0.25, 0.3) is 0 Å². The van der Waals surface area contributed by atoms with E-state index in [4.69, 9.17) is 0 Å². The number of hydrogen-bond acceptors (Lipinski definition) is 4. The van der Waals surface area contributed by atoms with Gasteiger partial charge in [0.1, 0.15) is 6.04 Å². The van der Waals surface area contributed by atoms with Gasteiger partial charge in [0.15, 0.2) is 0 Å². The van der Waals surface area contributed by atoms with Crippen molar-refractivity contribution in [2.75, 3.05) is 0 Å². The maximum atomic E-state index is 11.3. The molecule has 0 bridgehead atoms. The zero-order valence-electron chi connectivity index (χ0n) is 11.4. The standard InChI is InChI=1S/C15H18N2O2S/c1-2-6-13-17-12(10-20-13)9-16-14(15(18)19)11-7-4-3-5-8-11/h3-5,7-8,10,14,16H,2,6,9H2,1H3,(H,18,19). The topological polar surface area (TPSA) is 62.2 Å². The summed E-state index contributed by atoms with van der Waals surface area (Å²) in [6, 6.07) is 8.49. The summed E-state index contributed by atoms with van der Waals surface area (Å²) >= 11 is 1.63. The fourth-order valence-corrected chi connectivity index (χ4v) is 2.86. The first kappa shape index (κ1) is 14.7. The van der Waals surface area contributed by atoms with Crippen LogP contribution in [0.3, 0.4) is 0 Å². The first-order valence-electron chi connectivity index (χ1n) is 6.65. The van der Waals surface area contributed by atoms with Crippen LogP contribution in [0.2, 0.25) is 0 Å². The molecule has 0 spiro atoms. The third-order valence-electron chi connectivity index (χ3n) is 2.93. The van der Waals surface area contributed by atoms with E-state index in [2.05, 4.69) is 17.2 Å². The summed E-state index contributed by atoms with van der Waals surface area (Å²) in [6.45, 7) is 2.58. The number of nitrogens with one attached hydrogen (secondary N) is 1. The van der Waals surface area contributed by atoms with Crippen LogP contribution < -0.4 is 5.32 Å². The monoisotopic (exact) mass is 290 g/mol. The SMILES string of the molecule is CCCc1nc(CNC(C(=O)O)c2ccccc2)cs1. The summed E-state index contributed by atoms with van der Waals surface area (Å²) in [7, 11) is 0. The van der Waals surface area contributed by atoms with Gasteiger partial charge in [0, 0.05) is 11.9 Å². The Kier molecular flexibility index (Phi) is 5.26. The minimum absolute atomic E-state index is 0.464. The second-order valence-electron chi connectivity index (χ2n) is 4.55. The number of hydrogen-bond donors (Lipinski definition) is 2. The van der Waals surface area contributed by atoms with Crippen LogP contribution in [0.4, 0.5) is 0 Å². The molecule has 1 heterocycles. The van der Waals surface area contributed by atoms with Crippen molar-refractivity contribution in [1.29, 1.82) is 0 Å². The van der Waals surface area contributed by atoms with Crippen LogP contribution in [0.5, 0.6) is 0 Å². The molecule has 0 saturated carbocycles. The number of nitrogens with zero attached hydrogens (tertiary/aromatic N) is 1. The van der Waals surface area contributed by atoms with Crippen molar-refractivity contribution in [3.05, 3.63) is 52.0 Å². The predicted octanol–water partition coefficient (Wildman–Crippen LogP) is 3.01. The zero-order chi connectivity index (χ0) is 14.4. The van der Waals surface area contributed by atoms with E-state index < -0.39 is 12.0 Å². The Balaban J connectivity index is 2.00. The quantitative estimate of drug-likeness (QED) is 0.823. The lowest BCUT2D eigenvalue weighted by atomic mass is 10.1. The molecule has 2 aromatic rings. The highest BCUT2D eigenvalue weighted by Crippen LogP contribution is 2.15. The van der Waals surface area contributed by atoms with E-state index in [0.29, 0.717) is 6.54 Å². The van der Waals surface area contributed by atoms with Crippen LogP contribution in [0.1, 0.15) is 35.7 Å². The number of carboxylic acids is 1. The minimum Gasteiger partial charge on any atom is -0.480 e. The highest BCUT2D eigenvalue weighted by atomic mass is 32.1. The first-order chi connectivity index (χ1) is 9.70. The Morgan fingerprint density at radius 3 is 2.80 bits per heavy atom. The van der Waals surface area contributed by atoms with Gasteiger partial charge in [0.25, 0.3) is 0 Å². The second-order valence-corrected chi connectivity index (χ2v) is 5.49. The molecule has 1 aromatic heterocycles. The van der Waals surface area contributed by atoms with Crippen molar-refractivity contribution in [2.24, 2.45) is 0 Å². The lowest BCUT2D eigenvalue weighted by Gasteiger charge is -2.13. The van der Waals surface area contributed by atoms with E-state index in [1.807, 2.05) is 35.7 Å². The number of thiazole rings is 1. The first-order valence-corrected chi connectivity index (χ1v) is 7.53. The number of carboxylic acid groups (broad SMARTS) is 1. The van der Waals surface area contributed by atoms with Gasteiger partial charge in [0.05, 0.1) is 10.7 Å². The molecular weight excluding hydrogens is 272 g/mol. The predicted molar refractivity (Wildman–Crippen MR) is 79.8 cm³/mol. The number of aliphatic carboxylic acids is 1. The maximum Gasteiger partial charge on any atom is 0.325 e. The Hall–Kier alpha value is -1.72. The van der Waals surface area contributed by atoms with Gasteiger partial charge in [-0.05, 0) is 18.4 Å². The molecule has 0 saturated heterocycles. The smallest absolute Gasteiger partial charge is 0.325 e. The summed E-state index contributed by atoms with van der Waals surface area (Å²) in [4.78, 5) is 15.8. The summed E-state index contributed by atoms with van der Waals surface area (Å²) in [5.41, 5.74) is 1.66. The lowest BCUT2D eigenvalue weighted by molar-refractivity contribution is -0.139. The summed E-state index contributed by atoms with van der Waals surface area (Å²) < 4.78 is 0. The molecule has 0 aliphatic carbocycles. The van der Waals surface area contributed by atoms with Crippen molar-refractivity contribution >= 4 is 17.3 Å². The Morgan fingerprint density at radius 1 is 1.40 bits per heavy atom. The van der Waals surface area contributed by atoms with Crippen LogP contribution in [-0.2, 0) is 17.8 Å². The molecule has 2 N–H and O–H groups in total. The average molecular weight is 290 g/mol. The van der Waals surface area contributed by atoms with Crippen molar-refractivity contribution in [3.63, 3.8) is 0 Å². The fraction of sp³-hybridized carbons (Fsp3) is 0.333. The molecule has 5 heteroatoms. The molecule has 0 aliphatic heterocycles. The molecule has 1 aromatic carbocycles. The summed E-state index contributed by atoms with van der Waals surface area (Å²) in [5, 5.41) is 15.5. The van der Waals surface area contributed by atoms with E-state index >= 15 is 0 Å². The average Bonchev–Trinajstić information content (AvgIpc) is 2.88. The van der Waals surface area contributed by atoms with Gasteiger partial charge in [-0.2, -0.15) is 0 Å². The van der Waals surface area contributed by atoms with Gasteiger partial charge in [0.2, 0.25) is 0 Å². The molecule has 4 nitrogen and oxygen atoms in total. The van der Waals surface area contributed by atoms with Gasteiger partial charge < -0.3 is 5.11 Å². The summed E-state index contributed by atoms with van der Waals surface area (Å²) in [5.74, 6) is -0.875. The minimum atomic E-state index is -0.875. The van der Waals surface area contributed by atoms with E-state index in [-0.39, 0.29) is 0 Å². The van der Waals surface area contributed by atoms with Crippen LogP contribution in [0, 0.1) is 0 Å². The number of aromatic nitrogens is 1. The Labute approximate surface area is 122 Å². The van der Waals surface area contributed by atoms with E-state index in [1.165, 1.54) is 0 Å². The van der Waals surface area contributed by atoms with Crippen molar-refractivity contribution in [1.82, 2.24) is 10.3 Å². The van der Waals surface area contributed by atoms with E-state index in [0.717, 1.165) is 29.1 Å². The number of aryl methyl sites for hydroxylation is 1. The van der Waals surface area contributed by atoms with Gasteiger partial charge >= 0.3 is 5.97 Å². The Bertz CT molecular complexity index is 554. The summed E-state index contributed by atoms with van der Waals surface area (Å²) in [6.07, 6.45) is 2.05. The molecule has 20 heavy (non-hydrogen) atoms. The third kappa shape index (κ3) is 3.88. The molecular formula is C15H18N2O2S. The van der Waals surface area contributed by atoms with E-state index in [9.17, 15) is 9.90 Å². The molecule has 106 valence electrons. The molecule has 2 rings (SSSR count). The van der Waals surface area contributed by atoms with Gasteiger partial charge in [-0.25, -0.2) is 4.98 Å². The highest BCUT2D eigenvalue weighted by molar-refractivity contribution is 7.09. The van der Waals surface area contributed by atoms with Gasteiger partial charge in [-0.3, -0.25) is 10.1 Å². The lowest BCUT2D eigenvalue weighted by Crippen LogP contribution is -2.28. The largest absolute Gasteiger partial charge is 0.480 e. The molecule has 0 radical (unpaired) electrons.